The molecule has 3 atom stereocenters. The first-order valence-electron chi connectivity index (χ1n) is 12.4. The lowest BCUT2D eigenvalue weighted by Gasteiger charge is -2.29. The Balaban J connectivity index is 1.71. The van der Waals surface area contributed by atoms with E-state index in [0.29, 0.717) is 36.9 Å². The molecule has 1 aromatic heterocycles. The number of aliphatic carboxylic acids is 1. The highest BCUT2D eigenvalue weighted by Crippen LogP contribution is 2.46. The molecule has 2 aromatic carbocycles. The molecule has 0 amide bonds. The average Bonchev–Trinajstić information content (AvgIpc) is 3.13. The van der Waals surface area contributed by atoms with Crippen LogP contribution in [0.4, 0.5) is 14.5 Å². The Kier molecular flexibility index (Phi) is 7.17. The maximum Gasteiger partial charge on any atom is 0.306 e. The van der Waals surface area contributed by atoms with Gasteiger partial charge in [-0.1, -0.05) is 24.6 Å². The van der Waals surface area contributed by atoms with Crippen LogP contribution in [0.25, 0.3) is 5.69 Å². The van der Waals surface area contributed by atoms with Gasteiger partial charge in [0.05, 0.1) is 28.6 Å². The molecule has 0 radical (unpaired) electrons. The number of benzene rings is 2. The minimum Gasteiger partial charge on any atom is -0.505 e. The summed E-state index contributed by atoms with van der Waals surface area (Å²) in [6, 6.07) is 8.61. The summed E-state index contributed by atoms with van der Waals surface area (Å²) in [5.41, 5.74) is 3.33. The van der Waals surface area contributed by atoms with Crippen LogP contribution < -0.4 is 5.32 Å². The van der Waals surface area contributed by atoms with Gasteiger partial charge in [0.2, 0.25) is 5.88 Å². The molecule has 37 heavy (non-hydrogen) atoms. The second-order valence-corrected chi connectivity index (χ2v) is 10.2. The lowest BCUT2D eigenvalue weighted by molar-refractivity contribution is -0.143. The quantitative estimate of drug-likeness (QED) is 0.273. The Labute approximate surface area is 214 Å². The largest absolute Gasteiger partial charge is 0.505 e. The highest BCUT2D eigenvalue weighted by Gasteiger charge is 2.41. The fraction of sp³-hybridized carbons (Fsp3) is 0.429. The number of aromatic hydroxyl groups is 2. The molecule has 0 bridgehead atoms. The Bertz CT molecular complexity index is 1320. The van der Waals surface area contributed by atoms with Gasteiger partial charge in [-0.25, -0.2) is 13.5 Å². The summed E-state index contributed by atoms with van der Waals surface area (Å²) in [6.45, 7) is 6.16. The molecule has 4 rings (SSSR count). The molecule has 198 valence electrons. The molecule has 3 unspecified atom stereocenters. The fourth-order valence-electron chi connectivity index (χ4n) is 5.21. The summed E-state index contributed by atoms with van der Waals surface area (Å²) in [5, 5.41) is 38.7. The van der Waals surface area contributed by atoms with E-state index < -0.39 is 29.7 Å². The van der Waals surface area contributed by atoms with E-state index in [1.807, 2.05) is 26.0 Å². The number of para-hydroxylation sites is 1. The van der Waals surface area contributed by atoms with Gasteiger partial charge < -0.3 is 20.6 Å². The summed E-state index contributed by atoms with van der Waals surface area (Å²) in [4.78, 5) is 11.5. The minimum absolute atomic E-state index is 0.0702. The number of hydrogen-bond acceptors (Lipinski definition) is 5. The van der Waals surface area contributed by atoms with E-state index in [1.165, 1.54) is 10.7 Å². The van der Waals surface area contributed by atoms with Crippen molar-refractivity contribution in [3.63, 3.8) is 0 Å². The third-order valence-corrected chi connectivity index (χ3v) is 7.44. The van der Waals surface area contributed by atoms with Gasteiger partial charge in [-0.15, -0.1) is 0 Å². The molecule has 3 aromatic rings. The Morgan fingerprint density at radius 1 is 1.14 bits per heavy atom. The molecule has 0 saturated heterocycles. The number of nitrogens with zero attached hydrogens (tertiary/aromatic N) is 2. The highest BCUT2D eigenvalue weighted by molar-refractivity contribution is 5.70. The number of rotatable bonds is 7. The van der Waals surface area contributed by atoms with Crippen LogP contribution in [0.1, 0.15) is 72.5 Å². The molecule has 4 N–H and O–H groups in total. The highest BCUT2D eigenvalue weighted by atomic mass is 19.3. The van der Waals surface area contributed by atoms with E-state index >= 15 is 8.78 Å². The van der Waals surface area contributed by atoms with Crippen LogP contribution in [0.15, 0.2) is 36.4 Å². The zero-order valence-corrected chi connectivity index (χ0v) is 21.4. The number of carboxylic acid groups (broad SMARTS) is 1. The van der Waals surface area contributed by atoms with Crippen molar-refractivity contribution in [1.29, 1.82) is 0 Å². The van der Waals surface area contributed by atoms with E-state index in [1.54, 1.807) is 25.1 Å². The van der Waals surface area contributed by atoms with Crippen molar-refractivity contribution >= 4 is 11.7 Å². The van der Waals surface area contributed by atoms with Gasteiger partial charge in [0.15, 0.2) is 0 Å². The standard InChI is InChI=1S/C28H33F2N3O4/c1-15-11-12-20(13-16(15)2)33-26(35)23(17(3)32-33)25(28(4,29)30)31-22-10-6-9-21(24(22)34)18-7-5-8-19(14-18)27(36)37/h6,9-13,18-19,25,31,34-35H,5,7-8,14H2,1-4H3,(H,36,37). The molecule has 1 aliphatic carbocycles. The third-order valence-electron chi connectivity index (χ3n) is 7.44. The van der Waals surface area contributed by atoms with Crippen LogP contribution in [-0.4, -0.2) is 37.0 Å². The Morgan fingerprint density at radius 2 is 1.86 bits per heavy atom. The Hall–Kier alpha value is -3.62. The summed E-state index contributed by atoms with van der Waals surface area (Å²) < 4.78 is 31.3. The van der Waals surface area contributed by atoms with Crippen LogP contribution in [0.3, 0.4) is 0 Å². The van der Waals surface area contributed by atoms with Crippen molar-refractivity contribution in [1.82, 2.24) is 9.78 Å². The van der Waals surface area contributed by atoms with Gasteiger partial charge >= 0.3 is 5.97 Å². The van der Waals surface area contributed by atoms with Crippen LogP contribution in [-0.2, 0) is 4.79 Å². The topological polar surface area (TPSA) is 108 Å². The van der Waals surface area contributed by atoms with Gasteiger partial charge in [0.25, 0.3) is 5.92 Å². The number of halogens is 2. The average molecular weight is 514 g/mol. The first-order chi connectivity index (χ1) is 17.4. The molecular weight excluding hydrogens is 480 g/mol. The van der Waals surface area contributed by atoms with E-state index in [9.17, 15) is 20.1 Å². The maximum absolute atomic E-state index is 15.0. The van der Waals surface area contributed by atoms with Crippen LogP contribution in [0, 0.1) is 26.7 Å². The molecule has 0 aliphatic heterocycles. The summed E-state index contributed by atoms with van der Waals surface area (Å²) in [5.74, 6) is -5.49. The van der Waals surface area contributed by atoms with E-state index in [0.717, 1.165) is 18.1 Å². The second kappa shape index (κ2) is 10.0. The van der Waals surface area contributed by atoms with Gasteiger partial charge in [0, 0.05) is 6.92 Å². The van der Waals surface area contributed by atoms with Gasteiger partial charge in [-0.2, -0.15) is 5.10 Å². The van der Waals surface area contributed by atoms with E-state index in [2.05, 4.69) is 10.4 Å². The predicted molar refractivity (Wildman–Crippen MR) is 137 cm³/mol. The van der Waals surface area contributed by atoms with Crippen molar-refractivity contribution in [3.05, 3.63) is 64.3 Å². The summed E-state index contributed by atoms with van der Waals surface area (Å²) in [7, 11) is 0. The van der Waals surface area contributed by atoms with Crippen molar-refractivity contribution in [2.75, 3.05) is 5.32 Å². The number of hydrogen-bond donors (Lipinski definition) is 4. The predicted octanol–water partition coefficient (Wildman–Crippen LogP) is 6.38. The molecule has 7 nitrogen and oxygen atoms in total. The number of carbonyl (C=O) groups is 1. The lowest BCUT2D eigenvalue weighted by Crippen LogP contribution is -2.29. The number of aromatic nitrogens is 2. The van der Waals surface area contributed by atoms with Crippen molar-refractivity contribution < 1.29 is 28.9 Å². The minimum atomic E-state index is -3.33. The molecule has 1 fully saturated rings. The van der Waals surface area contributed by atoms with E-state index in [4.69, 9.17) is 0 Å². The van der Waals surface area contributed by atoms with Crippen molar-refractivity contribution in [2.45, 2.75) is 71.3 Å². The molecule has 0 spiro atoms. The monoisotopic (exact) mass is 513 g/mol. The number of carboxylic acids is 1. The number of phenolic OH excluding ortho intramolecular Hbond substituents is 1. The third kappa shape index (κ3) is 5.26. The molecule has 1 heterocycles. The zero-order chi connectivity index (χ0) is 27.1. The van der Waals surface area contributed by atoms with Gasteiger partial charge in [0.1, 0.15) is 11.8 Å². The number of alkyl halides is 2. The van der Waals surface area contributed by atoms with Crippen LogP contribution in [0.2, 0.25) is 0 Å². The Morgan fingerprint density at radius 3 is 2.51 bits per heavy atom. The van der Waals surface area contributed by atoms with Crippen LogP contribution in [0.5, 0.6) is 11.6 Å². The van der Waals surface area contributed by atoms with Gasteiger partial charge in [-0.05, 0) is 80.8 Å². The second-order valence-electron chi connectivity index (χ2n) is 10.2. The number of aryl methyl sites for hydroxylation is 3. The number of anilines is 1. The number of nitrogens with one attached hydrogen (secondary N) is 1. The molecular formula is C28H33F2N3O4. The molecule has 9 heteroatoms. The summed E-state index contributed by atoms with van der Waals surface area (Å²) in [6.07, 6.45) is 2.37. The number of phenols is 1. The first-order valence-corrected chi connectivity index (χ1v) is 12.4. The smallest absolute Gasteiger partial charge is 0.306 e. The van der Waals surface area contributed by atoms with Crippen molar-refractivity contribution in [2.24, 2.45) is 5.92 Å². The first kappa shape index (κ1) is 26.4. The SMILES string of the molecule is Cc1ccc(-n2nc(C)c(C(Nc3cccc(C4CCCC(C(=O)O)C4)c3O)C(C)(F)F)c2O)cc1C. The van der Waals surface area contributed by atoms with Crippen molar-refractivity contribution in [3.8, 4) is 17.3 Å². The lowest BCUT2D eigenvalue weighted by atomic mass is 9.77. The van der Waals surface area contributed by atoms with E-state index in [-0.39, 0.29) is 28.6 Å². The van der Waals surface area contributed by atoms with Gasteiger partial charge in [-0.3, -0.25) is 4.79 Å². The maximum atomic E-state index is 15.0. The molecule has 1 saturated carbocycles. The zero-order valence-electron chi connectivity index (χ0n) is 21.4. The molecule has 1 aliphatic rings. The van der Waals surface area contributed by atoms with Crippen LogP contribution >= 0.6 is 0 Å². The normalized spacial score (nSPS) is 19.0. The fourth-order valence-corrected chi connectivity index (χ4v) is 5.21. The summed E-state index contributed by atoms with van der Waals surface area (Å²) >= 11 is 0.